The molecule has 1 aliphatic heterocycles. The zero-order chi connectivity index (χ0) is 20.3. The van der Waals surface area contributed by atoms with Crippen LogP contribution in [-0.4, -0.2) is 30.6 Å². The molecule has 0 radical (unpaired) electrons. The van der Waals surface area contributed by atoms with E-state index < -0.39 is 29.8 Å². The Bertz CT molecular complexity index is 883. The fraction of sp³-hybridized carbons (Fsp3) is 0.300. The average molecular weight is 392 g/mol. The molecular weight excluding hydrogens is 373 g/mol. The highest BCUT2D eigenvalue weighted by molar-refractivity contribution is 5.91. The van der Waals surface area contributed by atoms with Crippen molar-refractivity contribution in [1.82, 2.24) is 4.90 Å². The van der Waals surface area contributed by atoms with E-state index in [1.165, 1.54) is 30.2 Å². The largest absolute Gasteiger partial charge is 0.469 e. The predicted octanol–water partition coefficient (Wildman–Crippen LogP) is 4.40. The fourth-order valence-electron chi connectivity index (χ4n) is 3.38. The minimum atomic E-state index is -4.59. The van der Waals surface area contributed by atoms with Gasteiger partial charge in [0.25, 0.3) is 0 Å². The van der Waals surface area contributed by atoms with Crippen LogP contribution in [0.3, 0.4) is 0 Å². The maximum absolute atomic E-state index is 13.2. The molecule has 0 saturated heterocycles. The number of amides is 2. The van der Waals surface area contributed by atoms with Crippen LogP contribution in [0.1, 0.15) is 29.2 Å². The van der Waals surface area contributed by atoms with Crippen molar-refractivity contribution >= 4 is 17.7 Å². The molecule has 3 rings (SSSR count). The molecule has 8 heteroatoms. The van der Waals surface area contributed by atoms with Crippen LogP contribution in [0.15, 0.2) is 48.5 Å². The molecule has 148 valence electrons. The Morgan fingerprint density at radius 1 is 1.14 bits per heavy atom. The van der Waals surface area contributed by atoms with Gasteiger partial charge in [-0.1, -0.05) is 36.4 Å². The molecule has 0 saturated carbocycles. The maximum Gasteiger partial charge on any atom is 0.418 e. The lowest BCUT2D eigenvalue weighted by Gasteiger charge is -2.37. The van der Waals surface area contributed by atoms with Crippen molar-refractivity contribution in [3.05, 3.63) is 65.2 Å². The summed E-state index contributed by atoms with van der Waals surface area (Å²) in [4.78, 5) is 26.1. The van der Waals surface area contributed by atoms with E-state index >= 15 is 0 Å². The Hall–Kier alpha value is -3.03. The molecule has 0 bridgehead atoms. The van der Waals surface area contributed by atoms with Crippen LogP contribution in [0.4, 0.5) is 23.7 Å². The van der Waals surface area contributed by atoms with Gasteiger partial charge in [-0.15, -0.1) is 0 Å². The summed E-state index contributed by atoms with van der Waals surface area (Å²) in [5.74, 6) is -0.504. The molecule has 1 N–H and O–H groups in total. The van der Waals surface area contributed by atoms with Crippen LogP contribution in [0.5, 0.6) is 0 Å². The second-order valence-electron chi connectivity index (χ2n) is 6.41. The summed E-state index contributed by atoms with van der Waals surface area (Å²) in [6.07, 6.45) is -4.13. The number of anilines is 1. The van der Waals surface area contributed by atoms with Crippen molar-refractivity contribution < 1.29 is 27.5 Å². The fourth-order valence-corrected chi connectivity index (χ4v) is 3.38. The number of hydrogen-bond donors (Lipinski definition) is 1. The van der Waals surface area contributed by atoms with E-state index in [4.69, 9.17) is 4.74 Å². The number of nitrogens with one attached hydrogen (secondary N) is 1. The van der Waals surface area contributed by atoms with Gasteiger partial charge in [-0.2, -0.15) is 13.2 Å². The lowest BCUT2D eigenvalue weighted by atomic mass is 9.91. The number of benzene rings is 2. The summed E-state index contributed by atoms with van der Waals surface area (Å²) in [5.41, 5.74) is 0.538. The van der Waals surface area contributed by atoms with Crippen LogP contribution in [0.2, 0.25) is 0 Å². The van der Waals surface area contributed by atoms with Crippen LogP contribution in [-0.2, 0) is 22.1 Å². The molecule has 0 spiro atoms. The van der Waals surface area contributed by atoms with Crippen molar-refractivity contribution in [2.75, 3.05) is 19.0 Å². The minimum Gasteiger partial charge on any atom is -0.469 e. The minimum absolute atomic E-state index is 0.0815. The Morgan fingerprint density at radius 3 is 2.54 bits per heavy atom. The Morgan fingerprint density at radius 2 is 1.82 bits per heavy atom. The van der Waals surface area contributed by atoms with Crippen LogP contribution < -0.4 is 5.32 Å². The number of esters is 1. The third-order valence-corrected chi connectivity index (χ3v) is 4.73. The SMILES string of the molecule is COC(=O)C[C@H]1c2ccccc2CCN1C(=O)Nc1ccccc1C(F)(F)F. The van der Waals surface area contributed by atoms with Gasteiger partial charge in [0.05, 0.1) is 30.8 Å². The average Bonchev–Trinajstić information content (AvgIpc) is 2.67. The summed E-state index contributed by atoms with van der Waals surface area (Å²) < 4.78 is 44.4. The van der Waals surface area contributed by atoms with Gasteiger partial charge in [-0.05, 0) is 29.7 Å². The summed E-state index contributed by atoms with van der Waals surface area (Å²) in [6, 6.07) is 10.9. The van der Waals surface area contributed by atoms with E-state index in [1.54, 1.807) is 6.07 Å². The van der Waals surface area contributed by atoms with Gasteiger partial charge in [-0.25, -0.2) is 4.79 Å². The lowest BCUT2D eigenvalue weighted by Crippen LogP contribution is -2.43. The third-order valence-electron chi connectivity index (χ3n) is 4.73. The molecule has 28 heavy (non-hydrogen) atoms. The Labute approximate surface area is 160 Å². The highest BCUT2D eigenvalue weighted by Crippen LogP contribution is 2.36. The third kappa shape index (κ3) is 4.11. The maximum atomic E-state index is 13.2. The van der Waals surface area contributed by atoms with Crippen LogP contribution in [0, 0.1) is 0 Å². The van der Waals surface area contributed by atoms with Crippen LogP contribution in [0.25, 0.3) is 0 Å². The van der Waals surface area contributed by atoms with Crippen molar-refractivity contribution in [2.24, 2.45) is 0 Å². The zero-order valence-corrected chi connectivity index (χ0v) is 15.1. The molecular formula is C20H19F3N2O3. The first kappa shape index (κ1) is 19.7. The molecule has 0 fully saturated rings. The van der Waals surface area contributed by atoms with Gasteiger partial charge in [0.1, 0.15) is 0 Å². The van der Waals surface area contributed by atoms with E-state index in [0.29, 0.717) is 6.42 Å². The number of halogens is 3. The first-order chi connectivity index (χ1) is 13.3. The summed E-state index contributed by atoms with van der Waals surface area (Å²) in [5, 5.41) is 2.35. The first-order valence-electron chi connectivity index (χ1n) is 8.69. The van der Waals surface area contributed by atoms with E-state index in [-0.39, 0.29) is 18.7 Å². The molecule has 0 aliphatic carbocycles. The number of carbonyl (C=O) groups is 2. The number of fused-ring (bicyclic) bond motifs is 1. The molecule has 1 heterocycles. The number of hydrogen-bond acceptors (Lipinski definition) is 3. The van der Waals surface area contributed by atoms with E-state index in [2.05, 4.69) is 5.32 Å². The highest BCUT2D eigenvalue weighted by atomic mass is 19.4. The number of para-hydroxylation sites is 1. The lowest BCUT2D eigenvalue weighted by molar-refractivity contribution is -0.142. The molecule has 1 aliphatic rings. The van der Waals surface area contributed by atoms with Crippen molar-refractivity contribution in [3.8, 4) is 0 Å². The summed E-state index contributed by atoms with van der Waals surface area (Å²) >= 11 is 0. The first-order valence-corrected chi connectivity index (χ1v) is 8.69. The normalized spacial score (nSPS) is 16.3. The molecule has 2 amide bonds. The quantitative estimate of drug-likeness (QED) is 0.788. The van der Waals surface area contributed by atoms with E-state index in [1.807, 2.05) is 18.2 Å². The van der Waals surface area contributed by atoms with E-state index in [0.717, 1.165) is 17.2 Å². The number of nitrogens with zero attached hydrogens (tertiary/aromatic N) is 1. The number of methoxy groups -OCH3 is 1. The Balaban J connectivity index is 1.89. The number of urea groups is 1. The van der Waals surface area contributed by atoms with Crippen molar-refractivity contribution in [3.63, 3.8) is 0 Å². The van der Waals surface area contributed by atoms with Crippen molar-refractivity contribution in [2.45, 2.75) is 25.1 Å². The summed E-state index contributed by atoms with van der Waals surface area (Å²) in [7, 11) is 1.25. The van der Waals surface area contributed by atoms with Crippen molar-refractivity contribution in [1.29, 1.82) is 0 Å². The highest BCUT2D eigenvalue weighted by Gasteiger charge is 2.36. The molecule has 0 aromatic heterocycles. The molecule has 2 aromatic rings. The monoisotopic (exact) mass is 392 g/mol. The molecule has 2 aromatic carbocycles. The van der Waals surface area contributed by atoms with Gasteiger partial charge < -0.3 is 15.0 Å². The topological polar surface area (TPSA) is 58.6 Å². The van der Waals surface area contributed by atoms with Gasteiger partial charge in [-0.3, -0.25) is 4.79 Å². The van der Waals surface area contributed by atoms with Gasteiger partial charge in [0, 0.05) is 6.54 Å². The Kier molecular flexibility index (Phi) is 5.58. The smallest absolute Gasteiger partial charge is 0.418 e. The zero-order valence-electron chi connectivity index (χ0n) is 15.1. The molecule has 1 atom stereocenters. The van der Waals surface area contributed by atoms with Gasteiger partial charge in [0.15, 0.2) is 0 Å². The van der Waals surface area contributed by atoms with Gasteiger partial charge >= 0.3 is 18.2 Å². The number of ether oxygens (including phenoxy) is 1. The number of carbonyl (C=O) groups excluding carboxylic acids is 2. The van der Waals surface area contributed by atoms with Crippen LogP contribution >= 0.6 is 0 Å². The summed E-state index contributed by atoms with van der Waals surface area (Å²) in [6.45, 7) is 0.276. The molecule has 5 nitrogen and oxygen atoms in total. The second-order valence-corrected chi connectivity index (χ2v) is 6.41. The number of rotatable bonds is 3. The van der Waals surface area contributed by atoms with Gasteiger partial charge in [0.2, 0.25) is 0 Å². The second kappa shape index (κ2) is 7.92. The standard InChI is InChI=1S/C20H19F3N2O3/c1-28-18(26)12-17-14-7-3-2-6-13(14)10-11-25(17)19(27)24-16-9-5-4-8-15(16)20(21,22)23/h2-9,17H,10-12H2,1H3,(H,24,27)/t17-/m0/s1. The molecule has 0 unspecified atom stereocenters. The number of alkyl halides is 3. The van der Waals surface area contributed by atoms with E-state index in [9.17, 15) is 22.8 Å². The predicted molar refractivity (Wildman–Crippen MR) is 96.7 cm³/mol.